The topological polar surface area (TPSA) is 49.3 Å². The van der Waals surface area contributed by atoms with Crippen LogP contribution in [0.1, 0.15) is 37.0 Å². The second-order valence-corrected chi connectivity index (χ2v) is 6.87. The molecular weight excluding hydrogens is 337 g/mol. The SMILES string of the molecule is CCCC(C)(O)CNC(=O)c1csc(I)c1. The molecule has 0 radical (unpaired) electrons. The normalized spacial score (nSPS) is 14.5. The molecule has 1 atom stereocenters. The average molecular weight is 353 g/mol. The maximum absolute atomic E-state index is 11.7. The van der Waals surface area contributed by atoms with E-state index in [1.807, 2.05) is 18.4 Å². The number of rotatable bonds is 5. The van der Waals surface area contributed by atoms with Crippen LogP contribution in [-0.2, 0) is 0 Å². The average Bonchev–Trinajstić information content (AvgIpc) is 2.61. The Kier molecular flexibility index (Phi) is 5.20. The van der Waals surface area contributed by atoms with Gasteiger partial charge in [0.1, 0.15) is 0 Å². The van der Waals surface area contributed by atoms with Gasteiger partial charge in [0.25, 0.3) is 5.91 Å². The number of thiophene rings is 1. The fraction of sp³-hybridized carbons (Fsp3) is 0.545. The number of carbonyl (C=O) groups excluding carboxylic acids is 1. The molecule has 0 spiro atoms. The molecule has 2 N–H and O–H groups in total. The van der Waals surface area contributed by atoms with Crippen LogP contribution in [0, 0.1) is 2.88 Å². The highest BCUT2D eigenvalue weighted by Gasteiger charge is 2.20. The number of nitrogens with one attached hydrogen (secondary N) is 1. The van der Waals surface area contributed by atoms with Crippen molar-refractivity contribution >= 4 is 39.8 Å². The van der Waals surface area contributed by atoms with Crippen LogP contribution in [0.3, 0.4) is 0 Å². The first-order valence-electron chi connectivity index (χ1n) is 5.19. The Labute approximate surface area is 113 Å². The molecular formula is C11H16INO2S. The predicted molar refractivity (Wildman–Crippen MR) is 74.9 cm³/mol. The molecule has 0 fully saturated rings. The molecule has 0 aliphatic rings. The zero-order valence-electron chi connectivity index (χ0n) is 9.42. The van der Waals surface area contributed by atoms with Crippen molar-refractivity contribution < 1.29 is 9.90 Å². The van der Waals surface area contributed by atoms with Crippen LogP contribution in [0.25, 0.3) is 0 Å². The molecule has 16 heavy (non-hydrogen) atoms. The van der Waals surface area contributed by atoms with Crippen molar-refractivity contribution in [3.63, 3.8) is 0 Å². The second-order valence-electron chi connectivity index (χ2n) is 4.07. The van der Waals surface area contributed by atoms with E-state index in [9.17, 15) is 9.90 Å². The van der Waals surface area contributed by atoms with E-state index in [1.54, 1.807) is 6.92 Å². The van der Waals surface area contributed by atoms with E-state index in [-0.39, 0.29) is 5.91 Å². The molecule has 1 unspecified atom stereocenters. The highest BCUT2D eigenvalue weighted by molar-refractivity contribution is 14.1. The lowest BCUT2D eigenvalue weighted by Gasteiger charge is -2.22. The van der Waals surface area contributed by atoms with Gasteiger partial charge in [-0.1, -0.05) is 13.3 Å². The second kappa shape index (κ2) is 5.97. The van der Waals surface area contributed by atoms with Crippen molar-refractivity contribution in [2.75, 3.05) is 6.54 Å². The van der Waals surface area contributed by atoms with Crippen LogP contribution < -0.4 is 5.32 Å². The first-order chi connectivity index (χ1) is 7.44. The molecule has 0 aromatic carbocycles. The van der Waals surface area contributed by atoms with Crippen LogP contribution in [0.5, 0.6) is 0 Å². The molecule has 1 aromatic rings. The summed E-state index contributed by atoms with van der Waals surface area (Å²) in [4.78, 5) is 11.7. The number of aliphatic hydroxyl groups is 1. The van der Waals surface area contributed by atoms with E-state index >= 15 is 0 Å². The quantitative estimate of drug-likeness (QED) is 0.800. The van der Waals surface area contributed by atoms with E-state index in [0.717, 1.165) is 9.30 Å². The van der Waals surface area contributed by atoms with Crippen LogP contribution >= 0.6 is 33.9 Å². The monoisotopic (exact) mass is 353 g/mol. The highest BCUT2D eigenvalue weighted by atomic mass is 127. The van der Waals surface area contributed by atoms with Crippen molar-refractivity contribution in [1.82, 2.24) is 5.32 Å². The molecule has 5 heteroatoms. The maximum atomic E-state index is 11.7. The minimum absolute atomic E-state index is 0.115. The summed E-state index contributed by atoms with van der Waals surface area (Å²) in [5, 5.41) is 14.5. The molecule has 0 aliphatic carbocycles. The number of carbonyl (C=O) groups is 1. The number of halogens is 1. The van der Waals surface area contributed by atoms with E-state index in [1.165, 1.54) is 11.3 Å². The molecule has 0 saturated carbocycles. The summed E-state index contributed by atoms with van der Waals surface area (Å²) in [5.74, 6) is -0.115. The van der Waals surface area contributed by atoms with Gasteiger partial charge in [0.05, 0.1) is 14.0 Å². The summed E-state index contributed by atoms with van der Waals surface area (Å²) < 4.78 is 1.09. The molecule has 90 valence electrons. The zero-order chi connectivity index (χ0) is 12.2. The van der Waals surface area contributed by atoms with Gasteiger partial charge < -0.3 is 10.4 Å². The summed E-state index contributed by atoms with van der Waals surface area (Å²) in [6.45, 7) is 4.05. The van der Waals surface area contributed by atoms with Gasteiger partial charge in [-0.15, -0.1) is 11.3 Å². The summed E-state index contributed by atoms with van der Waals surface area (Å²) in [7, 11) is 0. The van der Waals surface area contributed by atoms with E-state index in [2.05, 4.69) is 27.9 Å². The predicted octanol–water partition coefficient (Wildman–Crippen LogP) is 2.63. The third-order valence-electron chi connectivity index (χ3n) is 2.25. The Morgan fingerprint density at radius 3 is 2.88 bits per heavy atom. The van der Waals surface area contributed by atoms with Crippen molar-refractivity contribution in [2.24, 2.45) is 0 Å². The van der Waals surface area contributed by atoms with Crippen LogP contribution in [0.4, 0.5) is 0 Å². The highest BCUT2D eigenvalue weighted by Crippen LogP contribution is 2.17. The van der Waals surface area contributed by atoms with E-state index in [0.29, 0.717) is 18.5 Å². The van der Waals surface area contributed by atoms with Crippen molar-refractivity contribution in [3.05, 3.63) is 19.9 Å². The van der Waals surface area contributed by atoms with E-state index < -0.39 is 5.60 Å². The van der Waals surface area contributed by atoms with Crippen LogP contribution in [0.15, 0.2) is 11.4 Å². The zero-order valence-corrected chi connectivity index (χ0v) is 12.4. The number of hydrogen-bond donors (Lipinski definition) is 2. The van der Waals surface area contributed by atoms with E-state index in [4.69, 9.17) is 0 Å². The summed E-state index contributed by atoms with van der Waals surface area (Å²) in [6, 6.07) is 1.84. The minimum Gasteiger partial charge on any atom is -0.388 e. The van der Waals surface area contributed by atoms with Crippen LogP contribution in [-0.4, -0.2) is 23.2 Å². The lowest BCUT2D eigenvalue weighted by atomic mass is 10.0. The van der Waals surface area contributed by atoms with Crippen molar-refractivity contribution in [3.8, 4) is 0 Å². The minimum atomic E-state index is -0.812. The first kappa shape index (κ1) is 13.9. The smallest absolute Gasteiger partial charge is 0.252 e. The van der Waals surface area contributed by atoms with Gasteiger partial charge in [-0.2, -0.15) is 0 Å². The summed E-state index contributed by atoms with van der Waals surface area (Å²) >= 11 is 3.72. The molecule has 1 heterocycles. The van der Waals surface area contributed by atoms with Gasteiger partial charge in [0.2, 0.25) is 0 Å². The fourth-order valence-electron chi connectivity index (χ4n) is 1.43. The molecule has 1 amide bonds. The summed E-state index contributed by atoms with van der Waals surface area (Å²) in [6.07, 6.45) is 1.59. The third-order valence-corrected chi connectivity index (χ3v) is 4.04. The molecule has 1 rings (SSSR count). The van der Waals surface area contributed by atoms with Gasteiger partial charge in [-0.25, -0.2) is 0 Å². The van der Waals surface area contributed by atoms with Crippen LogP contribution in [0.2, 0.25) is 0 Å². The molecule has 1 aromatic heterocycles. The van der Waals surface area contributed by atoms with Gasteiger partial charge in [-0.05, 0) is 42.0 Å². The Hall–Kier alpha value is -0.140. The first-order valence-corrected chi connectivity index (χ1v) is 7.15. The Morgan fingerprint density at radius 2 is 2.38 bits per heavy atom. The lowest BCUT2D eigenvalue weighted by molar-refractivity contribution is 0.0470. The largest absolute Gasteiger partial charge is 0.388 e. The standard InChI is InChI=1S/C11H16INO2S/c1-3-4-11(2,15)7-13-10(14)8-5-9(12)16-6-8/h5-6,15H,3-4,7H2,1-2H3,(H,13,14). The van der Waals surface area contributed by atoms with Crippen molar-refractivity contribution in [1.29, 1.82) is 0 Å². The van der Waals surface area contributed by atoms with Gasteiger partial charge >= 0.3 is 0 Å². The number of amides is 1. The Balaban J connectivity index is 2.47. The molecule has 0 saturated heterocycles. The lowest BCUT2D eigenvalue weighted by Crippen LogP contribution is -2.40. The molecule has 0 bridgehead atoms. The van der Waals surface area contributed by atoms with Gasteiger partial charge in [0.15, 0.2) is 0 Å². The maximum Gasteiger partial charge on any atom is 0.252 e. The van der Waals surface area contributed by atoms with Crippen molar-refractivity contribution in [2.45, 2.75) is 32.3 Å². The van der Waals surface area contributed by atoms with Gasteiger partial charge in [-0.3, -0.25) is 4.79 Å². The molecule has 3 nitrogen and oxygen atoms in total. The fourth-order valence-corrected chi connectivity index (χ4v) is 2.76. The Bertz CT molecular complexity index is 363. The number of hydrogen-bond acceptors (Lipinski definition) is 3. The summed E-state index contributed by atoms with van der Waals surface area (Å²) in [5.41, 5.74) is -0.144. The third kappa shape index (κ3) is 4.39. The Morgan fingerprint density at radius 1 is 1.69 bits per heavy atom. The molecule has 0 aliphatic heterocycles. The van der Waals surface area contributed by atoms with Gasteiger partial charge in [0, 0.05) is 11.9 Å².